The lowest BCUT2D eigenvalue weighted by atomic mass is 9.74. The minimum Gasteiger partial charge on any atom is -0.390 e. The molecule has 1 aliphatic carbocycles. The summed E-state index contributed by atoms with van der Waals surface area (Å²) in [4.78, 5) is 11.7. The van der Waals surface area contributed by atoms with Crippen molar-refractivity contribution < 1.29 is 15.0 Å². The molecule has 0 radical (unpaired) electrons. The molecule has 0 amide bonds. The second-order valence-corrected chi connectivity index (χ2v) is 5.75. The van der Waals surface area contributed by atoms with Gasteiger partial charge in [0.15, 0.2) is 5.78 Å². The van der Waals surface area contributed by atoms with Crippen LogP contribution >= 0.6 is 0 Å². The highest BCUT2D eigenvalue weighted by Crippen LogP contribution is 2.33. The Bertz CT molecular complexity index is 373. The van der Waals surface area contributed by atoms with Gasteiger partial charge >= 0.3 is 0 Å². The van der Waals surface area contributed by atoms with E-state index in [4.69, 9.17) is 0 Å². The fourth-order valence-electron chi connectivity index (χ4n) is 2.37. The fraction of sp³-hybridized carbons (Fsp3) is 0.667. The quantitative estimate of drug-likeness (QED) is 0.755. The summed E-state index contributed by atoms with van der Waals surface area (Å²) >= 11 is 0. The summed E-state index contributed by atoms with van der Waals surface area (Å²) in [6.45, 7) is 7.45. The first-order valence-electron chi connectivity index (χ1n) is 6.49. The van der Waals surface area contributed by atoms with Crippen molar-refractivity contribution in [2.45, 2.75) is 58.7 Å². The zero-order chi connectivity index (χ0) is 13.9. The van der Waals surface area contributed by atoms with Gasteiger partial charge in [-0.05, 0) is 52.2 Å². The molecule has 1 rings (SSSR count). The molecule has 1 aliphatic rings. The summed E-state index contributed by atoms with van der Waals surface area (Å²) in [7, 11) is 0. The molecule has 102 valence electrons. The number of allylic oxidation sites excluding steroid dienone is 3. The van der Waals surface area contributed by atoms with Gasteiger partial charge in [-0.1, -0.05) is 11.6 Å². The van der Waals surface area contributed by atoms with Gasteiger partial charge in [-0.2, -0.15) is 0 Å². The number of hydrogen-bond acceptors (Lipinski definition) is 3. The first kappa shape index (κ1) is 15.1. The molecule has 3 nitrogen and oxygen atoms in total. The Morgan fingerprint density at radius 1 is 1.56 bits per heavy atom. The van der Waals surface area contributed by atoms with Crippen LogP contribution in [0.1, 0.15) is 47.0 Å². The Morgan fingerprint density at radius 2 is 2.17 bits per heavy atom. The summed E-state index contributed by atoms with van der Waals surface area (Å²) in [5.41, 5.74) is 0.791. The normalized spacial score (nSPS) is 27.4. The SMILES string of the molecule is CC(C)=CCCC(C)(O)C1CC(=O)C(C)=CC1O. The molecule has 0 saturated carbocycles. The second kappa shape index (κ2) is 5.81. The predicted molar refractivity (Wildman–Crippen MR) is 72.2 cm³/mol. The molecular weight excluding hydrogens is 228 g/mol. The summed E-state index contributed by atoms with van der Waals surface area (Å²) in [5.74, 6) is -0.382. The number of aliphatic hydroxyl groups is 2. The Balaban J connectivity index is 2.73. The largest absolute Gasteiger partial charge is 0.390 e. The van der Waals surface area contributed by atoms with Crippen molar-refractivity contribution in [3.63, 3.8) is 0 Å². The van der Waals surface area contributed by atoms with Crippen LogP contribution in [0.3, 0.4) is 0 Å². The zero-order valence-corrected chi connectivity index (χ0v) is 11.7. The molecule has 0 aromatic rings. The van der Waals surface area contributed by atoms with Crippen molar-refractivity contribution in [2.75, 3.05) is 0 Å². The smallest absolute Gasteiger partial charge is 0.158 e. The molecule has 0 saturated heterocycles. The lowest BCUT2D eigenvalue weighted by Gasteiger charge is -2.37. The van der Waals surface area contributed by atoms with Crippen molar-refractivity contribution in [3.05, 3.63) is 23.3 Å². The van der Waals surface area contributed by atoms with Gasteiger partial charge in [-0.15, -0.1) is 0 Å². The molecule has 0 bridgehead atoms. The van der Waals surface area contributed by atoms with E-state index in [0.717, 1.165) is 6.42 Å². The van der Waals surface area contributed by atoms with Crippen LogP contribution in [0.4, 0.5) is 0 Å². The number of ketones is 1. The zero-order valence-electron chi connectivity index (χ0n) is 11.7. The molecule has 0 heterocycles. The maximum Gasteiger partial charge on any atom is 0.158 e. The monoisotopic (exact) mass is 252 g/mol. The molecule has 3 heteroatoms. The highest BCUT2D eigenvalue weighted by molar-refractivity contribution is 5.96. The summed E-state index contributed by atoms with van der Waals surface area (Å²) in [5, 5.41) is 20.5. The number of aliphatic hydroxyl groups excluding tert-OH is 1. The lowest BCUT2D eigenvalue weighted by molar-refractivity contribution is -0.123. The van der Waals surface area contributed by atoms with Crippen molar-refractivity contribution >= 4 is 5.78 Å². The molecule has 3 unspecified atom stereocenters. The third kappa shape index (κ3) is 3.79. The topological polar surface area (TPSA) is 57.5 Å². The summed E-state index contributed by atoms with van der Waals surface area (Å²) < 4.78 is 0. The maximum atomic E-state index is 11.7. The standard InChI is InChI=1S/C15H24O3/c1-10(2)6-5-7-15(4,18)12-9-13(16)11(3)8-14(12)17/h6,8,12,14,17-18H,5,7,9H2,1-4H3. The first-order valence-corrected chi connectivity index (χ1v) is 6.49. The van der Waals surface area contributed by atoms with Crippen LogP contribution in [-0.4, -0.2) is 27.7 Å². The van der Waals surface area contributed by atoms with E-state index in [1.54, 1.807) is 19.9 Å². The minimum absolute atomic E-state index is 0.0211. The summed E-state index contributed by atoms with van der Waals surface area (Å²) in [6.07, 6.45) is 4.43. The molecule has 3 atom stereocenters. The highest BCUT2D eigenvalue weighted by Gasteiger charge is 2.39. The molecule has 0 aromatic heterocycles. The second-order valence-electron chi connectivity index (χ2n) is 5.75. The minimum atomic E-state index is -1.02. The van der Waals surface area contributed by atoms with Gasteiger partial charge in [0.1, 0.15) is 0 Å². The van der Waals surface area contributed by atoms with E-state index >= 15 is 0 Å². The van der Waals surface area contributed by atoms with Crippen molar-refractivity contribution in [1.82, 2.24) is 0 Å². The number of rotatable bonds is 4. The van der Waals surface area contributed by atoms with E-state index in [1.807, 2.05) is 13.8 Å². The van der Waals surface area contributed by atoms with Crippen LogP contribution in [0.15, 0.2) is 23.3 Å². The third-order valence-electron chi connectivity index (χ3n) is 3.68. The number of Topliss-reactive ketones (excluding diaryl/α,β-unsaturated/α-hetero) is 1. The summed E-state index contributed by atoms with van der Waals surface area (Å²) in [6, 6.07) is 0. The van der Waals surface area contributed by atoms with Gasteiger partial charge in [0.25, 0.3) is 0 Å². The average Bonchev–Trinajstić information content (AvgIpc) is 2.22. The van der Waals surface area contributed by atoms with Gasteiger partial charge < -0.3 is 10.2 Å². The fourth-order valence-corrected chi connectivity index (χ4v) is 2.37. The van der Waals surface area contributed by atoms with E-state index in [9.17, 15) is 15.0 Å². The Kier molecular flexibility index (Phi) is 4.88. The molecule has 0 fully saturated rings. The van der Waals surface area contributed by atoms with E-state index in [2.05, 4.69) is 6.08 Å². The van der Waals surface area contributed by atoms with Crippen molar-refractivity contribution in [3.8, 4) is 0 Å². The molecule has 18 heavy (non-hydrogen) atoms. The maximum absolute atomic E-state index is 11.7. The molecule has 0 aliphatic heterocycles. The molecule has 0 aromatic carbocycles. The number of carbonyl (C=O) groups is 1. The van der Waals surface area contributed by atoms with Gasteiger partial charge in [-0.25, -0.2) is 0 Å². The number of carbonyl (C=O) groups excluding carboxylic acids is 1. The highest BCUT2D eigenvalue weighted by atomic mass is 16.3. The van der Waals surface area contributed by atoms with Crippen LogP contribution in [0.25, 0.3) is 0 Å². The third-order valence-corrected chi connectivity index (χ3v) is 3.68. The van der Waals surface area contributed by atoms with Crippen LogP contribution in [0.2, 0.25) is 0 Å². The Morgan fingerprint density at radius 3 is 2.72 bits per heavy atom. The Hall–Kier alpha value is -0.930. The molecular formula is C15H24O3. The van der Waals surface area contributed by atoms with Crippen LogP contribution in [0.5, 0.6) is 0 Å². The first-order chi connectivity index (χ1) is 8.24. The van der Waals surface area contributed by atoms with Crippen LogP contribution in [0, 0.1) is 5.92 Å². The van der Waals surface area contributed by atoms with E-state index in [1.165, 1.54) is 5.57 Å². The Labute approximate surface area is 109 Å². The molecule has 2 N–H and O–H groups in total. The van der Waals surface area contributed by atoms with Gasteiger partial charge in [-0.3, -0.25) is 4.79 Å². The van der Waals surface area contributed by atoms with E-state index in [-0.39, 0.29) is 12.2 Å². The van der Waals surface area contributed by atoms with Crippen molar-refractivity contribution in [1.29, 1.82) is 0 Å². The van der Waals surface area contributed by atoms with E-state index in [0.29, 0.717) is 12.0 Å². The van der Waals surface area contributed by atoms with Gasteiger partial charge in [0, 0.05) is 12.3 Å². The predicted octanol–water partition coefficient (Wildman–Crippen LogP) is 2.38. The van der Waals surface area contributed by atoms with Gasteiger partial charge in [0.05, 0.1) is 11.7 Å². The van der Waals surface area contributed by atoms with Crippen molar-refractivity contribution in [2.24, 2.45) is 5.92 Å². The van der Waals surface area contributed by atoms with Gasteiger partial charge in [0.2, 0.25) is 0 Å². The van der Waals surface area contributed by atoms with Crippen LogP contribution < -0.4 is 0 Å². The lowest BCUT2D eigenvalue weighted by Crippen LogP contribution is -2.44. The van der Waals surface area contributed by atoms with E-state index < -0.39 is 17.6 Å². The van der Waals surface area contributed by atoms with Crippen LogP contribution in [-0.2, 0) is 4.79 Å². The number of hydrogen-bond donors (Lipinski definition) is 2. The molecule has 0 spiro atoms. The average molecular weight is 252 g/mol.